The lowest BCUT2D eigenvalue weighted by atomic mass is 10.2. The van der Waals surface area contributed by atoms with Gasteiger partial charge in [0, 0.05) is 18.2 Å². The normalized spacial score (nSPS) is 11.6. The Morgan fingerprint density at radius 2 is 1.68 bits per heavy atom. The van der Waals surface area contributed by atoms with Crippen LogP contribution in [0.1, 0.15) is 12.0 Å². The molecule has 0 saturated carbocycles. The van der Waals surface area contributed by atoms with E-state index in [2.05, 4.69) is 4.98 Å². The highest BCUT2D eigenvalue weighted by Crippen LogP contribution is 2.23. The van der Waals surface area contributed by atoms with Crippen LogP contribution in [0.25, 0.3) is 16.9 Å². The van der Waals surface area contributed by atoms with E-state index in [4.69, 9.17) is 8.92 Å². The first-order valence-corrected chi connectivity index (χ1v) is 11.2. The van der Waals surface area contributed by atoms with Crippen LogP contribution in [0.15, 0.2) is 78.0 Å². The quantitative estimate of drug-likeness (QED) is 0.328. The van der Waals surface area contributed by atoms with Crippen LogP contribution in [0.3, 0.4) is 0 Å². The van der Waals surface area contributed by atoms with Gasteiger partial charge in [0.25, 0.3) is 10.1 Å². The van der Waals surface area contributed by atoms with Crippen LogP contribution < -0.4 is 4.74 Å². The Bertz CT molecular complexity index is 1280. The zero-order valence-electron chi connectivity index (χ0n) is 16.9. The number of aromatic hydroxyl groups is 1. The third-order valence-electron chi connectivity index (χ3n) is 4.69. The maximum atomic E-state index is 12.2. The summed E-state index contributed by atoms with van der Waals surface area (Å²) in [6, 6.07) is 17.0. The van der Waals surface area contributed by atoms with Crippen molar-refractivity contribution in [3.63, 3.8) is 0 Å². The number of imidazole rings is 1. The van der Waals surface area contributed by atoms with Crippen molar-refractivity contribution in [2.24, 2.45) is 0 Å². The van der Waals surface area contributed by atoms with Gasteiger partial charge in [-0.05, 0) is 55.5 Å². The van der Waals surface area contributed by atoms with Crippen molar-refractivity contribution in [2.45, 2.75) is 18.2 Å². The molecule has 2 aromatic heterocycles. The minimum atomic E-state index is -3.76. The van der Waals surface area contributed by atoms with Crippen LogP contribution in [0.5, 0.6) is 11.5 Å². The SMILES string of the molecule is Cc1ccc(S(=O)(=O)OCCCOc2ccc3nc(-c4ccc(O)cc4)cn3c2)cc1. The summed E-state index contributed by atoms with van der Waals surface area (Å²) in [5, 5.41) is 9.43. The molecule has 2 heterocycles. The summed E-state index contributed by atoms with van der Waals surface area (Å²) in [6.45, 7) is 2.24. The first kappa shape index (κ1) is 20.9. The van der Waals surface area contributed by atoms with E-state index in [1.165, 1.54) is 12.1 Å². The fourth-order valence-electron chi connectivity index (χ4n) is 3.02. The third-order valence-corrected chi connectivity index (χ3v) is 6.02. The summed E-state index contributed by atoms with van der Waals surface area (Å²) in [7, 11) is -3.76. The second-order valence-corrected chi connectivity index (χ2v) is 8.71. The largest absolute Gasteiger partial charge is 0.508 e. The fraction of sp³-hybridized carbons (Fsp3) is 0.174. The predicted molar refractivity (Wildman–Crippen MR) is 117 cm³/mol. The van der Waals surface area contributed by atoms with Gasteiger partial charge >= 0.3 is 0 Å². The van der Waals surface area contributed by atoms with Crippen molar-refractivity contribution in [3.05, 3.63) is 78.6 Å². The molecule has 0 aliphatic heterocycles. The van der Waals surface area contributed by atoms with Crippen molar-refractivity contribution in [1.29, 1.82) is 0 Å². The molecule has 7 nitrogen and oxygen atoms in total. The Balaban J connectivity index is 1.32. The summed E-state index contributed by atoms with van der Waals surface area (Å²) in [5.41, 5.74) is 3.43. The maximum absolute atomic E-state index is 12.2. The smallest absolute Gasteiger partial charge is 0.296 e. The lowest BCUT2D eigenvalue weighted by Gasteiger charge is -2.08. The number of hydrogen-bond acceptors (Lipinski definition) is 6. The summed E-state index contributed by atoms with van der Waals surface area (Å²) < 4.78 is 37.0. The van der Waals surface area contributed by atoms with E-state index >= 15 is 0 Å². The molecule has 8 heteroatoms. The molecule has 0 saturated heterocycles. The number of aryl methyl sites for hydroxylation is 1. The summed E-state index contributed by atoms with van der Waals surface area (Å²) >= 11 is 0. The molecule has 0 aliphatic rings. The minimum absolute atomic E-state index is 0.0362. The molecule has 0 radical (unpaired) electrons. The number of aromatic nitrogens is 2. The first-order valence-electron chi connectivity index (χ1n) is 9.78. The summed E-state index contributed by atoms with van der Waals surface area (Å²) in [5.74, 6) is 0.849. The molecule has 0 aliphatic carbocycles. The molecule has 0 fully saturated rings. The van der Waals surface area contributed by atoms with E-state index in [1.54, 1.807) is 36.4 Å². The van der Waals surface area contributed by atoms with Crippen LogP contribution in [0.4, 0.5) is 0 Å². The lowest BCUT2D eigenvalue weighted by Crippen LogP contribution is -2.10. The van der Waals surface area contributed by atoms with Crippen LogP contribution in [0.2, 0.25) is 0 Å². The highest BCUT2D eigenvalue weighted by atomic mass is 32.2. The average molecular weight is 439 g/mol. The average Bonchev–Trinajstić information content (AvgIpc) is 3.17. The van der Waals surface area contributed by atoms with Gasteiger partial charge in [0.1, 0.15) is 17.1 Å². The molecule has 160 valence electrons. The van der Waals surface area contributed by atoms with Crippen LogP contribution >= 0.6 is 0 Å². The van der Waals surface area contributed by atoms with Gasteiger partial charge in [-0.2, -0.15) is 8.42 Å². The highest BCUT2D eigenvalue weighted by Gasteiger charge is 2.14. The molecule has 2 aromatic carbocycles. The number of pyridine rings is 1. The Morgan fingerprint density at radius 1 is 0.935 bits per heavy atom. The number of hydrogen-bond donors (Lipinski definition) is 1. The summed E-state index contributed by atoms with van der Waals surface area (Å²) in [4.78, 5) is 4.71. The van der Waals surface area contributed by atoms with Gasteiger partial charge in [-0.15, -0.1) is 0 Å². The maximum Gasteiger partial charge on any atom is 0.296 e. The molecule has 4 rings (SSSR count). The van der Waals surface area contributed by atoms with Crippen molar-refractivity contribution < 1.29 is 22.4 Å². The number of fused-ring (bicyclic) bond motifs is 1. The van der Waals surface area contributed by atoms with Crippen molar-refractivity contribution in [1.82, 2.24) is 9.38 Å². The number of phenols is 1. The monoisotopic (exact) mass is 438 g/mol. The highest BCUT2D eigenvalue weighted by molar-refractivity contribution is 7.86. The van der Waals surface area contributed by atoms with Crippen LogP contribution in [-0.4, -0.2) is 36.1 Å². The van der Waals surface area contributed by atoms with Crippen molar-refractivity contribution in [3.8, 4) is 22.8 Å². The predicted octanol–water partition coefficient (Wildman–Crippen LogP) is 4.19. The van der Waals surface area contributed by atoms with Gasteiger partial charge in [-0.3, -0.25) is 4.18 Å². The zero-order chi connectivity index (χ0) is 21.8. The second-order valence-electron chi connectivity index (χ2n) is 7.09. The van der Waals surface area contributed by atoms with E-state index < -0.39 is 10.1 Å². The van der Waals surface area contributed by atoms with E-state index in [0.717, 1.165) is 22.5 Å². The fourth-order valence-corrected chi connectivity index (χ4v) is 3.96. The van der Waals surface area contributed by atoms with Crippen molar-refractivity contribution in [2.75, 3.05) is 13.2 Å². The first-order chi connectivity index (χ1) is 14.9. The van der Waals surface area contributed by atoms with Gasteiger partial charge in [0.2, 0.25) is 0 Å². The zero-order valence-corrected chi connectivity index (χ0v) is 17.7. The topological polar surface area (TPSA) is 90.1 Å². The summed E-state index contributed by atoms with van der Waals surface area (Å²) in [6.07, 6.45) is 4.12. The molecule has 4 aromatic rings. The van der Waals surface area contributed by atoms with Gasteiger partial charge in [0.15, 0.2) is 0 Å². The van der Waals surface area contributed by atoms with E-state index in [1.807, 2.05) is 35.9 Å². The van der Waals surface area contributed by atoms with Gasteiger partial charge in [-0.1, -0.05) is 17.7 Å². The molecule has 31 heavy (non-hydrogen) atoms. The van der Waals surface area contributed by atoms with E-state index in [0.29, 0.717) is 18.8 Å². The van der Waals surface area contributed by atoms with Crippen LogP contribution in [-0.2, 0) is 14.3 Å². The third kappa shape index (κ3) is 5.04. The van der Waals surface area contributed by atoms with Gasteiger partial charge in [-0.25, -0.2) is 4.98 Å². The second kappa shape index (κ2) is 8.79. The number of ether oxygens (including phenoxy) is 1. The van der Waals surface area contributed by atoms with E-state index in [-0.39, 0.29) is 17.3 Å². The molecule has 0 atom stereocenters. The van der Waals surface area contributed by atoms with Gasteiger partial charge in [0.05, 0.1) is 30.0 Å². The molecule has 1 N–H and O–H groups in total. The lowest BCUT2D eigenvalue weighted by molar-refractivity contribution is 0.250. The van der Waals surface area contributed by atoms with Crippen LogP contribution in [0, 0.1) is 6.92 Å². The number of phenolic OH excluding ortho intramolecular Hbond substituents is 1. The van der Waals surface area contributed by atoms with Crippen molar-refractivity contribution >= 4 is 15.8 Å². The molecule has 0 amide bonds. The molecule has 0 bridgehead atoms. The number of nitrogens with zero attached hydrogens (tertiary/aromatic N) is 2. The van der Waals surface area contributed by atoms with E-state index in [9.17, 15) is 13.5 Å². The minimum Gasteiger partial charge on any atom is -0.508 e. The molecular weight excluding hydrogens is 416 g/mol. The molecular formula is C23H22N2O5S. The standard InChI is InChI=1S/C23H22N2O5S/c1-17-3-10-21(11-4-17)31(27,28)30-14-2-13-29-20-9-12-23-24-22(16-25(23)15-20)18-5-7-19(26)8-6-18/h3-12,15-16,26H,2,13-14H2,1H3. The molecule has 0 unspecified atom stereocenters. The number of rotatable bonds is 8. The Kier molecular flexibility index (Phi) is 5.92. The van der Waals surface area contributed by atoms with Gasteiger partial charge < -0.3 is 14.2 Å². The Morgan fingerprint density at radius 3 is 2.42 bits per heavy atom. The number of benzene rings is 2. The Labute approximate surface area is 180 Å². The molecule has 0 spiro atoms. The Hall–Kier alpha value is -3.36.